The summed E-state index contributed by atoms with van der Waals surface area (Å²) in [7, 11) is -0.324. The van der Waals surface area contributed by atoms with E-state index < -0.39 is 0 Å². The second kappa shape index (κ2) is 7.11. The Morgan fingerprint density at radius 3 is 1.56 bits per heavy atom. The molecule has 3 rings (SSSR count). The Labute approximate surface area is 165 Å². The molecule has 0 radical (unpaired) electrons. The van der Waals surface area contributed by atoms with Crippen LogP contribution in [-0.4, -0.2) is 18.3 Å². The maximum atomic E-state index is 6.46. The van der Waals surface area contributed by atoms with Crippen molar-refractivity contribution >= 4 is 12.6 Å². The van der Waals surface area contributed by atoms with Gasteiger partial charge in [0.15, 0.2) is 0 Å². The predicted octanol–water partition coefficient (Wildman–Crippen LogP) is 5.90. The molecule has 0 spiro atoms. The second-order valence-electron chi connectivity index (χ2n) is 9.33. The number of benzene rings is 2. The molecular formula is C24H33BO2. The van der Waals surface area contributed by atoms with Crippen LogP contribution < -0.4 is 5.46 Å². The van der Waals surface area contributed by atoms with Gasteiger partial charge in [-0.05, 0) is 67.2 Å². The van der Waals surface area contributed by atoms with E-state index in [4.69, 9.17) is 9.31 Å². The van der Waals surface area contributed by atoms with Gasteiger partial charge in [-0.2, -0.15) is 0 Å². The highest BCUT2D eigenvalue weighted by Crippen LogP contribution is 2.38. The molecule has 27 heavy (non-hydrogen) atoms. The van der Waals surface area contributed by atoms with Crippen LogP contribution in [0, 0.1) is 0 Å². The summed E-state index contributed by atoms with van der Waals surface area (Å²) < 4.78 is 12.9. The molecule has 0 atom stereocenters. The lowest BCUT2D eigenvalue weighted by molar-refractivity contribution is 0.00578. The van der Waals surface area contributed by atoms with Crippen molar-refractivity contribution < 1.29 is 9.31 Å². The van der Waals surface area contributed by atoms with E-state index >= 15 is 0 Å². The highest BCUT2D eigenvalue weighted by Gasteiger charge is 2.53. The minimum Gasteiger partial charge on any atom is -0.399 e. The summed E-state index contributed by atoms with van der Waals surface area (Å²) in [6.07, 6.45) is 0. The molecule has 3 heteroatoms. The quantitative estimate of drug-likeness (QED) is 0.629. The van der Waals surface area contributed by atoms with E-state index in [0.29, 0.717) is 11.8 Å². The Morgan fingerprint density at radius 1 is 0.704 bits per heavy atom. The molecular weight excluding hydrogens is 331 g/mol. The fraction of sp³-hybridized carbons (Fsp3) is 0.500. The number of hydrogen-bond acceptors (Lipinski definition) is 2. The number of hydrogen-bond donors (Lipinski definition) is 0. The first-order chi connectivity index (χ1) is 12.5. The van der Waals surface area contributed by atoms with Crippen LogP contribution in [-0.2, 0) is 9.31 Å². The SMILES string of the molecule is CC(C)c1cc(-c2ccccc2)cc(C(C)C)c1B1OC(C)(C)C(C)(C)O1. The molecule has 0 saturated carbocycles. The lowest BCUT2D eigenvalue weighted by atomic mass is 9.68. The van der Waals surface area contributed by atoms with E-state index in [2.05, 4.69) is 97.9 Å². The molecule has 1 fully saturated rings. The summed E-state index contributed by atoms with van der Waals surface area (Å²) in [6.45, 7) is 17.5. The van der Waals surface area contributed by atoms with Crippen molar-refractivity contribution in [2.45, 2.75) is 78.4 Å². The zero-order valence-corrected chi connectivity index (χ0v) is 18.1. The Hall–Kier alpha value is -1.58. The van der Waals surface area contributed by atoms with E-state index in [1.54, 1.807) is 0 Å². The molecule has 2 aromatic carbocycles. The van der Waals surface area contributed by atoms with Crippen LogP contribution in [0.3, 0.4) is 0 Å². The molecule has 0 N–H and O–H groups in total. The first-order valence-corrected chi connectivity index (χ1v) is 10.1. The van der Waals surface area contributed by atoms with Gasteiger partial charge in [0.05, 0.1) is 11.2 Å². The van der Waals surface area contributed by atoms with E-state index in [9.17, 15) is 0 Å². The van der Waals surface area contributed by atoms with E-state index in [1.165, 1.54) is 27.7 Å². The molecule has 1 aliphatic rings. The van der Waals surface area contributed by atoms with Crippen LogP contribution in [0.4, 0.5) is 0 Å². The molecule has 0 aromatic heterocycles. The van der Waals surface area contributed by atoms with Gasteiger partial charge in [-0.1, -0.05) is 70.2 Å². The summed E-state index contributed by atoms with van der Waals surface area (Å²) in [5.41, 5.74) is 5.71. The van der Waals surface area contributed by atoms with E-state index in [-0.39, 0.29) is 18.3 Å². The fourth-order valence-corrected chi connectivity index (χ4v) is 3.68. The summed E-state index contributed by atoms with van der Waals surface area (Å²) >= 11 is 0. The van der Waals surface area contributed by atoms with Crippen LogP contribution in [0.1, 0.15) is 78.4 Å². The number of rotatable bonds is 4. The van der Waals surface area contributed by atoms with Gasteiger partial charge in [-0.25, -0.2) is 0 Å². The highest BCUT2D eigenvalue weighted by molar-refractivity contribution is 6.63. The molecule has 2 aromatic rings. The zero-order chi connectivity index (χ0) is 20.0. The highest BCUT2D eigenvalue weighted by atomic mass is 16.7. The Morgan fingerprint density at radius 2 is 1.15 bits per heavy atom. The van der Waals surface area contributed by atoms with Crippen molar-refractivity contribution in [3.8, 4) is 11.1 Å². The van der Waals surface area contributed by atoms with Crippen LogP contribution >= 0.6 is 0 Å². The third-order valence-corrected chi connectivity index (χ3v) is 6.08. The first kappa shape index (κ1) is 20.2. The van der Waals surface area contributed by atoms with Crippen LogP contribution in [0.2, 0.25) is 0 Å². The first-order valence-electron chi connectivity index (χ1n) is 10.1. The van der Waals surface area contributed by atoms with Gasteiger partial charge < -0.3 is 9.31 Å². The van der Waals surface area contributed by atoms with Crippen molar-refractivity contribution in [3.63, 3.8) is 0 Å². The van der Waals surface area contributed by atoms with Gasteiger partial charge >= 0.3 is 7.12 Å². The summed E-state index contributed by atoms with van der Waals surface area (Å²) in [5.74, 6) is 0.778. The molecule has 1 saturated heterocycles. The van der Waals surface area contributed by atoms with Gasteiger partial charge in [-0.15, -0.1) is 0 Å². The summed E-state index contributed by atoms with van der Waals surface area (Å²) in [6, 6.07) is 15.3. The Balaban J connectivity index is 2.19. The second-order valence-corrected chi connectivity index (χ2v) is 9.33. The van der Waals surface area contributed by atoms with E-state index in [1.807, 2.05) is 0 Å². The van der Waals surface area contributed by atoms with E-state index in [0.717, 1.165) is 0 Å². The van der Waals surface area contributed by atoms with Gasteiger partial charge in [0.25, 0.3) is 0 Å². The minimum absolute atomic E-state index is 0.324. The monoisotopic (exact) mass is 364 g/mol. The van der Waals surface area contributed by atoms with Gasteiger partial charge in [-0.3, -0.25) is 0 Å². The Kier molecular flexibility index (Phi) is 5.31. The van der Waals surface area contributed by atoms with Gasteiger partial charge in [0, 0.05) is 0 Å². The maximum absolute atomic E-state index is 6.46. The van der Waals surface area contributed by atoms with Crippen LogP contribution in [0.25, 0.3) is 11.1 Å². The summed E-state index contributed by atoms with van der Waals surface area (Å²) in [5, 5.41) is 0. The summed E-state index contributed by atoms with van der Waals surface area (Å²) in [4.78, 5) is 0. The fourth-order valence-electron chi connectivity index (χ4n) is 3.68. The molecule has 1 aliphatic heterocycles. The largest absolute Gasteiger partial charge is 0.495 e. The van der Waals surface area contributed by atoms with Crippen molar-refractivity contribution in [2.75, 3.05) is 0 Å². The van der Waals surface area contributed by atoms with Gasteiger partial charge in [0.1, 0.15) is 0 Å². The topological polar surface area (TPSA) is 18.5 Å². The van der Waals surface area contributed by atoms with Crippen LogP contribution in [0.15, 0.2) is 42.5 Å². The zero-order valence-electron chi connectivity index (χ0n) is 18.1. The lowest BCUT2D eigenvalue weighted by Crippen LogP contribution is -2.41. The smallest absolute Gasteiger partial charge is 0.399 e. The lowest BCUT2D eigenvalue weighted by Gasteiger charge is -2.32. The minimum atomic E-state index is -0.335. The van der Waals surface area contributed by atoms with Crippen molar-refractivity contribution in [1.82, 2.24) is 0 Å². The molecule has 0 amide bonds. The molecule has 0 unspecified atom stereocenters. The normalized spacial score (nSPS) is 18.5. The molecule has 144 valence electrons. The standard InChI is InChI=1S/C24H33BO2/c1-16(2)20-14-19(18-12-10-9-11-13-18)15-21(17(3)4)22(20)25-26-23(5,6)24(7,8)27-25/h9-17H,1-8H3. The molecule has 0 bridgehead atoms. The van der Waals surface area contributed by atoms with Crippen molar-refractivity contribution in [3.05, 3.63) is 53.6 Å². The van der Waals surface area contributed by atoms with Gasteiger partial charge in [0.2, 0.25) is 0 Å². The average Bonchev–Trinajstić information content (AvgIpc) is 2.81. The van der Waals surface area contributed by atoms with Crippen molar-refractivity contribution in [1.29, 1.82) is 0 Å². The average molecular weight is 364 g/mol. The van der Waals surface area contributed by atoms with Crippen molar-refractivity contribution in [2.24, 2.45) is 0 Å². The molecule has 2 nitrogen and oxygen atoms in total. The molecule has 0 aliphatic carbocycles. The predicted molar refractivity (Wildman–Crippen MR) is 116 cm³/mol. The third-order valence-electron chi connectivity index (χ3n) is 6.08. The molecule has 1 heterocycles. The third kappa shape index (κ3) is 3.72. The maximum Gasteiger partial charge on any atom is 0.495 e. The van der Waals surface area contributed by atoms with Crippen LogP contribution in [0.5, 0.6) is 0 Å². The Bertz CT molecular complexity index is 761.